The smallest absolute Gasteiger partial charge is 0.163 e. The second kappa shape index (κ2) is 5.40. The van der Waals surface area contributed by atoms with Crippen molar-refractivity contribution in [2.75, 3.05) is 36.9 Å². The van der Waals surface area contributed by atoms with Crippen molar-refractivity contribution in [3.05, 3.63) is 12.1 Å². The highest BCUT2D eigenvalue weighted by Gasteiger charge is 2.25. The van der Waals surface area contributed by atoms with E-state index in [0.29, 0.717) is 19.1 Å². The Morgan fingerprint density at radius 1 is 1.20 bits per heavy atom. The normalized spacial score (nSPS) is 20.8. The van der Waals surface area contributed by atoms with Crippen LogP contribution in [0, 0.1) is 5.92 Å². The topological polar surface area (TPSA) is 68.0 Å². The first-order valence-electron chi connectivity index (χ1n) is 7.27. The Hall–Kier alpha value is -1.62. The minimum absolute atomic E-state index is 0.227. The lowest BCUT2D eigenvalue weighted by Gasteiger charge is -2.35. The number of anilines is 2. The van der Waals surface area contributed by atoms with Crippen LogP contribution < -0.4 is 20.1 Å². The van der Waals surface area contributed by atoms with Crippen molar-refractivity contribution >= 4 is 11.4 Å². The van der Waals surface area contributed by atoms with Gasteiger partial charge in [0, 0.05) is 25.2 Å². The number of nitrogen functional groups attached to an aromatic ring is 1. The van der Waals surface area contributed by atoms with Crippen molar-refractivity contribution in [2.45, 2.75) is 25.9 Å². The molecule has 20 heavy (non-hydrogen) atoms. The van der Waals surface area contributed by atoms with Crippen molar-refractivity contribution in [1.29, 1.82) is 0 Å². The van der Waals surface area contributed by atoms with Crippen molar-refractivity contribution in [3.63, 3.8) is 0 Å². The molecule has 0 aliphatic carbocycles. The van der Waals surface area contributed by atoms with Crippen LogP contribution in [0.2, 0.25) is 0 Å². The van der Waals surface area contributed by atoms with Crippen LogP contribution in [0.4, 0.5) is 11.4 Å². The zero-order valence-corrected chi connectivity index (χ0v) is 11.8. The monoisotopic (exact) mass is 278 g/mol. The molecule has 2 heterocycles. The molecule has 1 aromatic rings. The summed E-state index contributed by atoms with van der Waals surface area (Å²) in [6.07, 6.45) is 1.76. The summed E-state index contributed by atoms with van der Waals surface area (Å²) in [5.74, 6) is 1.90. The highest BCUT2D eigenvalue weighted by molar-refractivity contribution is 5.73. The number of aliphatic hydroxyl groups is 1. The zero-order chi connectivity index (χ0) is 14.1. The Morgan fingerprint density at radius 3 is 2.40 bits per heavy atom. The first kappa shape index (κ1) is 13.4. The van der Waals surface area contributed by atoms with Gasteiger partial charge in [-0.15, -0.1) is 0 Å². The number of rotatable bonds is 2. The van der Waals surface area contributed by atoms with Crippen molar-refractivity contribution in [2.24, 2.45) is 5.92 Å². The summed E-state index contributed by atoms with van der Waals surface area (Å²) in [7, 11) is 0. The van der Waals surface area contributed by atoms with Crippen LogP contribution in [0.15, 0.2) is 12.1 Å². The SMILES string of the molecule is CC(O)C1CCN(c2cc3c(cc2N)OCCO3)CC1. The number of piperidine rings is 1. The lowest BCUT2D eigenvalue weighted by Crippen LogP contribution is -2.37. The van der Waals surface area contributed by atoms with E-state index in [1.165, 1.54) is 0 Å². The Balaban J connectivity index is 1.77. The van der Waals surface area contributed by atoms with E-state index in [-0.39, 0.29) is 6.10 Å². The van der Waals surface area contributed by atoms with Crippen LogP contribution >= 0.6 is 0 Å². The molecule has 1 atom stereocenters. The highest BCUT2D eigenvalue weighted by Crippen LogP contribution is 2.39. The van der Waals surface area contributed by atoms with Gasteiger partial charge in [-0.05, 0) is 25.7 Å². The molecule has 0 spiro atoms. The van der Waals surface area contributed by atoms with E-state index in [1.807, 2.05) is 19.1 Å². The van der Waals surface area contributed by atoms with Gasteiger partial charge in [0.15, 0.2) is 11.5 Å². The number of aliphatic hydroxyl groups excluding tert-OH is 1. The molecule has 2 aliphatic rings. The third-order valence-electron chi connectivity index (χ3n) is 4.25. The predicted molar refractivity (Wildman–Crippen MR) is 78.5 cm³/mol. The van der Waals surface area contributed by atoms with E-state index < -0.39 is 0 Å². The molecule has 110 valence electrons. The third kappa shape index (κ3) is 2.50. The second-order valence-corrected chi connectivity index (χ2v) is 5.62. The van der Waals surface area contributed by atoms with Crippen LogP contribution in [0.25, 0.3) is 0 Å². The minimum Gasteiger partial charge on any atom is -0.486 e. The van der Waals surface area contributed by atoms with Crippen LogP contribution in [-0.4, -0.2) is 37.5 Å². The Labute approximate surface area is 119 Å². The lowest BCUT2D eigenvalue weighted by molar-refractivity contribution is 0.110. The largest absolute Gasteiger partial charge is 0.486 e. The fourth-order valence-corrected chi connectivity index (χ4v) is 2.99. The van der Waals surface area contributed by atoms with E-state index in [0.717, 1.165) is 48.8 Å². The summed E-state index contributed by atoms with van der Waals surface area (Å²) in [6, 6.07) is 3.83. The molecule has 0 aromatic heterocycles. The van der Waals surface area contributed by atoms with E-state index in [1.54, 1.807) is 0 Å². The molecule has 1 unspecified atom stereocenters. The Morgan fingerprint density at radius 2 is 1.80 bits per heavy atom. The molecule has 0 bridgehead atoms. The Bertz CT molecular complexity index is 482. The van der Waals surface area contributed by atoms with Crippen LogP contribution in [0.3, 0.4) is 0 Å². The average Bonchev–Trinajstić information content (AvgIpc) is 2.46. The highest BCUT2D eigenvalue weighted by atomic mass is 16.6. The number of nitrogens with two attached hydrogens (primary N) is 1. The number of nitrogens with zero attached hydrogens (tertiary/aromatic N) is 1. The number of fused-ring (bicyclic) bond motifs is 1. The van der Waals surface area contributed by atoms with E-state index >= 15 is 0 Å². The van der Waals surface area contributed by atoms with Crippen molar-refractivity contribution in [3.8, 4) is 11.5 Å². The summed E-state index contributed by atoms with van der Waals surface area (Å²) in [5.41, 5.74) is 7.88. The number of hydrogen-bond acceptors (Lipinski definition) is 5. The maximum Gasteiger partial charge on any atom is 0.163 e. The van der Waals surface area contributed by atoms with Gasteiger partial charge >= 0.3 is 0 Å². The zero-order valence-electron chi connectivity index (χ0n) is 11.8. The van der Waals surface area contributed by atoms with E-state index in [9.17, 15) is 5.11 Å². The molecule has 3 rings (SSSR count). The molecule has 1 saturated heterocycles. The van der Waals surface area contributed by atoms with E-state index in [2.05, 4.69) is 4.90 Å². The predicted octanol–water partition coefficient (Wildman–Crippen LogP) is 1.64. The molecule has 1 aromatic carbocycles. The number of benzene rings is 1. The number of ether oxygens (including phenoxy) is 2. The molecule has 0 radical (unpaired) electrons. The molecule has 0 amide bonds. The standard InChI is InChI=1S/C15H22N2O3/c1-10(18)11-2-4-17(5-3-11)13-9-15-14(8-12(13)16)19-6-7-20-15/h8-11,18H,2-7,16H2,1H3. The van der Waals surface area contributed by atoms with Crippen LogP contribution in [0.5, 0.6) is 11.5 Å². The first-order valence-corrected chi connectivity index (χ1v) is 7.27. The maximum atomic E-state index is 9.67. The average molecular weight is 278 g/mol. The summed E-state index contributed by atoms with van der Waals surface area (Å²) >= 11 is 0. The number of hydrogen-bond donors (Lipinski definition) is 2. The molecular formula is C15H22N2O3. The molecule has 5 heteroatoms. The molecule has 5 nitrogen and oxygen atoms in total. The van der Waals surface area contributed by atoms with Gasteiger partial charge in [-0.2, -0.15) is 0 Å². The summed E-state index contributed by atoms with van der Waals surface area (Å²) < 4.78 is 11.2. The summed E-state index contributed by atoms with van der Waals surface area (Å²) in [5, 5.41) is 9.67. The van der Waals surface area contributed by atoms with Gasteiger partial charge in [0.2, 0.25) is 0 Å². The van der Waals surface area contributed by atoms with Crippen molar-refractivity contribution in [1.82, 2.24) is 0 Å². The van der Waals surface area contributed by atoms with Gasteiger partial charge in [0.1, 0.15) is 13.2 Å². The summed E-state index contributed by atoms with van der Waals surface area (Å²) in [6.45, 7) is 4.86. The van der Waals surface area contributed by atoms with Gasteiger partial charge in [-0.25, -0.2) is 0 Å². The van der Waals surface area contributed by atoms with E-state index in [4.69, 9.17) is 15.2 Å². The molecule has 1 fully saturated rings. The molecule has 0 saturated carbocycles. The summed E-state index contributed by atoms with van der Waals surface area (Å²) in [4.78, 5) is 2.27. The van der Waals surface area contributed by atoms with Gasteiger partial charge in [-0.3, -0.25) is 0 Å². The third-order valence-corrected chi connectivity index (χ3v) is 4.25. The van der Waals surface area contributed by atoms with Crippen LogP contribution in [0.1, 0.15) is 19.8 Å². The van der Waals surface area contributed by atoms with Gasteiger partial charge in [0.05, 0.1) is 17.5 Å². The lowest BCUT2D eigenvalue weighted by atomic mass is 9.92. The first-order chi connectivity index (χ1) is 9.65. The fraction of sp³-hybridized carbons (Fsp3) is 0.600. The van der Waals surface area contributed by atoms with Gasteiger partial charge < -0.3 is 25.2 Å². The quantitative estimate of drug-likeness (QED) is 0.805. The van der Waals surface area contributed by atoms with Gasteiger partial charge in [0.25, 0.3) is 0 Å². The van der Waals surface area contributed by atoms with Gasteiger partial charge in [-0.1, -0.05) is 0 Å². The maximum absolute atomic E-state index is 9.67. The molecule has 2 aliphatic heterocycles. The minimum atomic E-state index is -0.227. The fourth-order valence-electron chi connectivity index (χ4n) is 2.99. The second-order valence-electron chi connectivity index (χ2n) is 5.62. The molecule has 3 N–H and O–H groups in total. The van der Waals surface area contributed by atoms with Crippen molar-refractivity contribution < 1.29 is 14.6 Å². The van der Waals surface area contributed by atoms with Crippen LogP contribution in [-0.2, 0) is 0 Å². The Kier molecular flexibility index (Phi) is 3.61. The molecular weight excluding hydrogens is 256 g/mol.